The van der Waals surface area contributed by atoms with Crippen molar-refractivity contribution in [2.45, 2.75) is 33.4 Å². The Hall–Kier alpha value is -1.90. The largest absolute Gasteiger partial charge is 0.489 e. The van der Waals surface area contributed by atoms with Crippen molar-refractivity contribution in [1.82, 2.24) is 0 Å². The zero-order valence-electron chi connectivity index (χ0n) is 11.1. The number of para-hydroxylation sites is 2. The van der Waals surface area contributed by atoms with E-state index in [1.807, 2.05) is 51.1 Å². The molecule has 96 valence electrons. The summed E-state index contributed by atoms with van der Waals surface area (Å²) >= 11 is 0. The van der Waals surface area contributed by atoms with Gasteiger partial charge in [-0.25, -0.2) is 0 Å². The first kappa shape index (κ1) is 12.6. The van der Waals surface area contributed by atoms with E-state index in [1.54, 1.807) is 6.26 Å². The van der Waals surface area contributed by atoms with Crippen molar-refractivity contribution >= 4 is 5.69 Å². The van der Waals surface area contributed by atoms with Gasteiger partial charge in [-0.2, -0.15) is 0 Å². The molecule has 1 N–H and O–H groups in total. The van der Waals surface area contributed by atoms with Crippen LogP contribution in [0.4, 0.5) is 5.69 Å². The standard InChI is InChI=1S/C15H19NO2/c1-11(2)18-14-7-5-4-6-13(14)16-10-15-12(3)8-9-17-15/h4-9,11,16H,10H2,1-3H3. The van der Waals surface area contributed by atoms with Crippen LogP contribution in [-0.2, 0) is 6.54 Å². The lowest BCUT2D eigenvalue weighted by atomic mass is 10.2. The van der Waals surface area contributed by atoms with Gasteiger partial charge in [-0.15, -0.1) is 0 Å². The quantitative estimate of drug-likeness (QED) is 0.865. The molecule has 0 radical (unpaired) electrons. The molecule has 2 aromatic rings. The van der Waals surface area contributed by atoms with E-state index in [9.17, 15) is 0 Å². The van der Waals surface area contributed by atoms with Crippen molar-refractivity contribution in [3.8, 4) is 5.75 Å². The van der Waals surface area contributed by atoms with Gasteiger partial charge in [0.2, 0.25) is 0 Å². The van der Waals surface area contributed by atoms with E-state index in [1.165, 1.54) is 0 Å². The van der Waals surface area contributed by atoms with Crippen molar-refractivity contribution in [3.63, 3.8) is 0 Å². The highest BCUT2D eigenvalue weighted by Gasteiger charge is 2.06. The van der Waals surface area contributed by atoms with Gasteiger partial charge in [-0.1, -0.05) is 12.1 Å². The van der Waals surface area contributed by atoms with Crippen LogP contribution in [0.25, 0.3) is 0 Å². The number of ether oxygens (including phenoxy) is 1. The summed E-state index contributed by atoms with van der Waals surface area (Å²) in [6.07, 6.45) is 1.88. The second-order valence-electron chi connectivity index (χ2n) is 4.54. The molecule has 18 heavy (non-hydrogen) atoms. The summed E-state index contributed by atoms with van der Waals surface area (Å²) in [5.74, 6) is 1.83. The monoisotopic (exact) mass is 245 g/mol. The van der Waals surface area contributed by atoms with Gasteiger partial charge in [-0.05, 0) is 44.5 Å². The van der Waals surface area contributed by atoms with Gasteiger partial charge in [0.15, 0.2) is 0 Å². The zero-order valence-corrected chi connectivity index (χ0v) is 11.1. The number of nitrogens with one attached hydrogen (secondary N) is 1. The molecular weight excluding hydrogens is 226 g/mol. The summed E-state index contributed by atoms with van der Waals surface area (Å²) in [5, 5.41) is 3.34. The maximum Gasteiger partial charge on any atom is 0.142 e. The van der Waals surface area contributed by atoms with Crippen LogP contribution in [0.5, 0.6) is 5.75 Å². The first-order valence-electron chi connectivity index (χ1n) is 6.19. The maximum absolute atomic E-state index is 5.75. The molecule has 0 amide bonds. The fourth-order valence-electron chi connectivity index (χ4n) is 1.73. The molecule has 0 aliphatic rings. The second-order valence-corrected chi connectivity index (χ2v) is 4.54. The van der Waals surface area contributed by atoms with Crippen molar-refractivity contribution in [2.24, 2.45) is 0 Å². The SMILES string of the molecule is Cc1ccoc1CNc1ccccc1OC(C)C. The highest BCUT2D eigenvalue weighted by molar-refractivity contribution is 5.56. The number of hydrogen-bond donors (Lipinski definition) is 1. The van der Waals surface area contributed by atoms with Gasteiger partial charge in [0.25, 0.3) is 0 Å². The fourth-order valence-corrected chi connectivity index (χ4v) is 1.73. The Bertz CT molecular complexity index is 503. The first-order chi connectivity index (χ1) is 8.66. The van der Waals surface area contributed by atoms with Gasteiger partial charge >= 0.3 is 0 Å². The van der Waals surface area contributed by atoms with Gasteiger partial charge in [-0.3, -0.25) is 0 Å². The van der Waals surface area contributed by atoms with Crippen LogP contribution >= 0.6 is 0 Å². The van der Waals surface area contributed by atoms with Crippen LogP contribution in [0.2, 0.25) is 0 Å². The highest BCUT2D eigenvalue weighted by atomic mass is 16.5. The maximum atomic E-state index is 5.75. The Morgan fingerprint density at radius 2 is 2.00 bits per heavy atom. The Morgan fingerprint density at radius 3 is 2.67 bits per heavy atom. The molecule has 1 aromatic carbocycles. The van der Waals surface area contributed by atoms with Crippen LogP contribution in [0, 0.1) is 6.92 Å². The molecule has 1 aromatic heterocycles. The number of rotatable bonds is 5. The minimum Gasteiger partial charge on any atom is -0.489 e. The number of anilines is 1. The lowest BCUT2D eigenvalue weighted by Gasteiger charge is -2.15. The molecule has 0 aliphatic carbocycles. The van der Waals surface area contributed by atoms with Gasteiger partial charge in [0.05, 0.1) is 24.6 Å². The molecule has 3 nitrogen and oxygen atoms in total. The smallest absolute Gasteiger partial charge is 0.142 e. The fraction of sp³-hybridized carbons (Fsp3) is 0.333. The van der Waals surface area contributed by atoms with Crippen LogP contribution in [0.15, 0.2) is 41.0 Å². The molecular formula is C15H19NO2. The van der Waals surface area contributed by atoms with Gasteiger partial charge < -0.3 is 14.5 Å². The summed E-state index contributed by atoms with van der Waals surface area (Å²) in [6.45, 7) is 6.75. The zero-order chi connectivity index (χ0) is 13.0. The average Bonchev–Trinajstić information content (AvgIpc) is 2.73. The number of hydrogen-bond acceptors (Lipinski definition) is 3. The molecule has 2 rings (SSSR count). The molecule has 0 unspecified atom stereocenters. The normalized spacial score (nSPS) is 10.7. The summed E-state index contributed by atoms with van der Waals surface area (Å²) < 4.78 is 11.2. The van der Waals surface area contributed by atoms with Crippen molar-refractivity contribution in [2.75, 3.05) is 5.32 Å². The van der Waals surface area contributed by atoms with E-state index in [0.717, 1.165) is 22.8 Å². The molecule has 0 fully saturated rings. The molecule has 0 saturated heterocycles. The second kappa shape index (κ2) is 5.63. The predicted octanol–water partition coefficient (Wildman–Crippen LogP) is 3.99. The first-order valence-corrected chi connectivity index (χ1v) is 6.19. The Labute approximate surface area is 108 Å². The Kier molecular flexibility index (Phi) is 3.92. The van der Waals surface area contributed by atoms with Crippen LogP contribution in [-0.4, -0.2) is 6.10 Å². The molecule has 3 heteroatoms. The molecule has 1 heterocycles. The Morgan fingerprint density at radius 1 is 1.22 bits per heavy atom. The van der Waals surface area contributed by atoms with Gasteiger partial charge in [0, 0.05) is 0 Å². The van der Waals surface area contributed by atoms with Crippen molar-refractivity contribution in [3.05, 3.63) is 47.9 Å². The topological polar surface area (TPSA) is 34.4 Å². The van der Waals surface area contributed by atoms with E-state index in [4.69, 9.17) is 9.15 Å². The van der Waals surface area contributed by atoms with Crippen molar-refractivity contribution in [1.29, 1.82) is 0 Å². The van der Waals surface area contributed by atoms with E-state index >= 15 is 0 Å². The van der Waals surface area contributed by atoms with Crippen LogP contribution < -0.4 is 10.1 Å². The molecule has 0 bridgehead atoms. The lowest BCUT2D eigenvalue weighted by Crippen LogP contribution is -2.08. The summed E-state index contributed by atoms with van der Waals surface area (Å²) in [7, 11) is 0. The van der Waals surface area contributed by atoms with Crippen molar-refractivity contribution < 1.29 is 9.15 Å². The number of aryl methyl sites for hydroxylation is 1. The van der Waals surface area contributed by atoms with Gasteiger partial charge in [0.1, 0.15) is 11.5 Å². The van der Waals surface area contributed by atoms with E-state index < -0.39 is 0 Å². The highest BCUT2D eigenvalue weighted by Crippen LogP contribution is 2.25. The molecule has 0 saturated carbocycles. The Balaban J connectivity index is 2.07. The molecule has 0 atom stereocenters. The minimum atomic E-state index is 0.165. The predicted molar refractivity (Wildman–Crippen MR) is 73.0 cm³/mol. The van der Waals surface area contributed by atoms with E-state index in [0.29, 0.717) is 6.54 Å². The minimum absolute atomic E-state index is 0.165. The third-order valence-electron chi connectivity index (χ3n) is 2.66. The summed E-state index contributed by atoms with van der Waals surface area (Å²) in [5.41, 5.74) is 2.15. The average molecular weight is 245 g/mol. The summed E-state index contributed by atoms with van der Waals surface area (Å²) in [4.78, 5) is 0. The van der Waals surface area contributed by atoms with Crippen LogP contribution in [0.1, 0.15) is 25.2 Å². The molecule has 0 aliphatic heterocycles. The van der Waals surface area contributed by atoms with E-state index in [-0.39, 0.29) is 6.10 Å². The molecule has 0 spiro atoms. The lowest BCUT2D eigenvalue weighted by molar-refractivity contribution is 0.243. The summed E-state index contributed by atoms with van der Waals surface area (Å²) in [6, 6.07) is 9.91. The number of benzene rings is 1. The third kappa shape index (κ3) is 3.06. The third-order valence-corrected chi connectivity index (χ3v) is 2.66. The van der Waals surface area contributed by atoms with E-state index in [2.05, 4.69) is 5.32 Å². The van der Waals surface area contributed by atoms with Crippen LogP contribution in [0.3, 0.4) is 0 Å². The number of furan rings is 1.